The zero-order chi connectivity index (χ0) is 51.5. The van der Waals surface area contributed by atoms with Gasteiger partial charge in [0.15, 0.2) is 0 Å². The number of fused-ring (bicyclic) bond motifs is 9. The van der Waals surface area contributed by atoms with Gasteiger partial charge in [-0.3, -0.25) is 0 Å². The van der Waals surface area contributed by atoms with E-state index in [1.54, 1.807) is 0 Å². The van der Waals surface area contributed by atoms with Crippen LogP contribution in [0.4, 0.5) is 17.1 Å². The first-order valence-electron chi connectivity index (χ1n) is 27.0. The molecule has 0 saturated heterocycles. The normalized spacial score (nSPS) is 14.5. The Morgan fingerprint density at radius 2 is 0.395 bits per heavy atom. The molecule has 14 rings (SSSR count). The molecule has 11 aromatic carbocycles. The average molecular weight is 974 g/mol. The van der Waals surface area contributed by atoms with E-state index in [2.05, 4.69) is 295 Å². The maximum absolute atomic E-state index is 2.53. The summed E-state index contributed by atoms with van der Waals surface area (Å²) < 4.78 is 0. The first-order chi connectivity index (χ1) is 36.9. The molecule has 3 aliphatic rings. The third-order valence-corrected chi connectivity index (χ3v) is 17.5. The maximum atomic E-state index is 2.53. The van der Waals surface area contributed by atoms with Crippen LogP contribution in [0.1, 0.15) is 74.9 Å². The SMILES string of the molecule is CC1(C)c2cc(-c3ccccc3)ccc2-c2ccc(N(c3ccc4c(c3)C(C)(C)c3cc(-c5ccccc5)ccc3-4)c3ccc4c(c3)C(C)(C)c3cc(-c5ccc(-c6ccc(-c7ccccc7)cc6)cc5)ccc3-4)cc21. The Morgan fingerprint density at radius 3 is 0.671 bits per heavy atom. The summed E-state index contributed by atoms with van der Waals surface area (Å²) in [6, 6.07) is 93.2. The summed E-state index contributed by atoms with van der Waals surface area (Å²) in [5.41, 5.74) is 31.3. The van der Waals surface area contributed by atoms with Crippen LogP contribution in [0, 0.1) is 0 Å². The van der Waals surface area contributed by atoms with Crippen LogP contribution in [0.3, 0.4) is 0 Å². The second-order valence-electron chi connectivity index (χ2n) is 22.9. The van der Waals surface area contributed by atoms with E-state index in [0.29, 0.717) is 0 Å². The van der Waals surface area contributed by atoms with Gasteiger partial charge in [-0.25, -0.2) is 0 Å². The molecule has 1 nitrogen and oxygen atoms in total. The van der Waals surface area contributed by atoms with E-state index >= 15 is 0 Å². The molecule has 0 heterocycles. The molecule has 0 N–H and O–H groups in total. The second-order valence-corrected chi connectivity index (χ2v) is 22.9. The van der Waals surface area contributed by atoms with Gasteiger partial charge in [-0.2, -0.15) is 0 Å². The molecular formula is C75H59N. The molecule has 1 heteroatoms. The van der Waals surface area contributed by atoms with Gasteiger partial charge in [0.25, 0.3) is 0 Å². The molecule has 0 saturated carbocycles. The fourth-order valence-corrected chi connectivity index (χ4v) is 13.2. The third-order valence-electron chi connectivity index (χ3n) is 17.5. The molecule has 0 aromatic heterocycles. The summed E-state index contributed by atoms with van der Waals surface area (Å²) in [6.45, 7) is 14.4. The third kappa shape index (κ3) is 7.20. The van der Waals surface area contributed by atoms with Crippen LogP contribution in [-0.2, 0) is 16.2 Å². The van der Waals surface area contributed by atoms with Crippen molar-refractivity contribution in [3.05, 3.63) is 282 Å². The zero-order valence-corrected chi connectivity index (χ0v) is 44.1. The molecular weight excluding hydrogens is 915 g/mol. The van der Waals surface area contributed by atoms with Gasteiger partial charge >= 0.3 is 0 Å². The molecule has 364 valence electrons. The summed E-state index contributed by atoms with van der Waals surface area (Å²) in [7, 11) is 0. The number of rotatable bonds is 8. The number of hydrogen-bond donors (Lipinski definition) is 0. The lowest BCUT2D eigenvalue weighted by molar-refractivity contribution is 0.659. The maximum Gasteiger partial charge on any atom is 0.0465 e. The number of hydrogen-bond acceptors (Lipinski definition) is 1. The van der Waals surface area contributed by atoms with Crippen molar-refractivity contribution in [1.82, 2.24) is 0 Å². The Morgan fingerprint density at radius 1 is 0.197 bits per heavy atom. The monoisotopic (exact) mass is 973 g/mol. The van der Waals surface area contributed by atoms with E-state index < -0.39 is 0 Å². The Balaban J connectivity index is 0.842. The molecule has 76 heavy (non-hydrogen) atoms. The number of nitrogens with zero attached hydrogens (tertiary/aromatic N) is 1. The van der Waals surface area contributed by atoms with Crippen LogP contribution in [0.5, 0.6) is 0 Å². The van der Waals surface area contributed by atoms with Crippen molar-refractivity contribution >= 4 is 17.1 Å². The predicted molar refractivity (Wildman–Crippen MR) is 321 cm³/mol. The number of anilines is 3. The van der Waals surface area contributed by atoms with Crippen LogP contribution >= 0.6 is 0 Å². The molecule has 0 aliphatic heterocycles. The van der Waals surface area contributed by atoms with Crippen molar-refractivity contribution in [3.63, 3.8) is 0 Å². The van der Waals surface area contributed by atoms with Crippen molar-refractivity contribution in [2.45, 2.75) is 57.8 Å². The summed E-state index contributed by atoms with van der Waals surface area (Å²) in [5.74, 6) is 0. The van der Waals surface area contributed by atoms with Crippen molar-refractivity contribution < 1.29 is 0 Å². The smallest absolute Gasteiger partial charge is 0.0465 e. The molecule has 0 atom stereocenters. The van der Waals surface area contributed by atoms with Gasteiger partial charge in [0.2, 0.25) is 0 Å². The summed E-state index contributed by atoms with van der Waals surface area (Å²) >= 11 is 0. The fourth-order valence-electron chi connectivity index (χ4n) is 13.2. The van der Waals surface area contributed by atoms with E-state index in [1.165, 1.54) is 122 Å². The Bertz CT molecular complexity index is 3930. The van der Waals surface area contributed by atoms with Crippen molar-refractivity contribution in [2.75, 3.05) is 4.90 Å². The van der Waals surface area contributed by atoms with Gasteiger partial charge in [-0.05, 0) is 177 Å². The van der Waals surface area contributed by atoms with Gasteiger partial charge in [0, 0.05) is 33.3 Å². The van der Waals surface area contributed by atoms with Crippen LogP contribution in [-0.4, -0.2) is 0 Å². The van der Waals surface area contributed by atoms with E-state index in [4.69, 9.17) is 0 Å². The lowest BCUT2D eigenvalue weighted by atomic mass is 9.81. The van der Waals surface area contributed by atoms with E-state index in [-0.39, 0.29) is 16.2 Å². The molecule has 0 spiro atoms. The van der Waals surface area contributed by atoms with Crippen molar-refractivity contribution in [1.29, 1.82) is 0 Å². The van der Waals surface area contributed by atoms with Crippen LogP contribution in [0.2, 0.25) is 0 Å². The summed E-state index contributed by atoms with van der Waals surface area (Å²) in [5, 5.41) is 0. The summed E-state index contributed by atoms with van der Waals surface area (Å²) in [6.07, 6.45) is 0. The Kier molecular flexibility index (Phi) is 10.3. The van der Waals surface area contributed by atoms with Gasteiger partial charge < -0.3 is 4.90 Å². The highest BCUT2D eigenvalue weighted by Gasteiger charge is 2.40. The summed E-state index contributed by atoms with van der Waals surface area (Å²) in [4.78, 5) is 2.53. The van der Waals surface area contributed by atoms with Gasteiger partial charge in [-0.15, -0.1) is 0 Å². The second kappa shape index (κ2) is 17.1. The molecule has 0 fully saturated rings. The largest absolute Gasteiger partial charge is 0.310 e. The Hall–Kier alpha value is -8.78. The van der Waals surface area contributed by atoms with Crippen LogP contribution < -0.4 is 4.90 Å². The van der Waals surface area contributed by atoms with Gasteiger partial charge in [-0.1, -0.05) is 236 Å². The van der Waals surface area contributed by atoms with E-state index in [9.17, 15) is 0 Å². The lowest BCUT2D eigenvalue weighted by Crippen LogP contribution is -2.19. The Labute approximate surface area is 448 Å². The van der Waals surface area contributed by atoms with Gasteiger partial charge in [0.1, 0.15) is 0 Å². The zero-order valence-electron chi connectivity index (χ0n) is 44.1. The minimum atomic E-state index is -0.237. The molecule has 0 unspecified atom stereocenters. The minimum Gasteiger partial charge on any atom is -0.310 e. The average Bonchev–Trinajstić information content (AvgIpc) is 4.07. The number of benzene rings is 11. The van der Waals surface area contributed by atoms with Crippen LogP contribution in [0.15, 0.2) is 249 Å². The predicted octanol–water partition coefficient (Wildman–Crippen LogP) is 20.4. The highest BCUT2D eigenvalue weighted by molar-refractivity contribution is 5.92. The van der Waals surface area contributed by atoms with Crippen molar-refractivity contribution in [3.8, 4) is 89.0 Å². The van der Waals surface area contributed by atoms with E-state index in [0.717, 1.165) is 17.1 Å². The standard InChI is InChI=1S/C75H59N/c1-73(2)67-42-55(49-18-12-8-13-19-49)30-36-61(67)64-39-33-58(45-70(64)73)76(59-34-40-65-62-37-31-56(50-20-14-9-15-21-50)43-68(62)74(3,4)71(65)46-59)60-35-41-66-63-38-32-57(44-69(63)75(5,6)72(66)47-60)54-28-26-53(27-29-54)52-24-22-51(23-25-52)48-16-10-7-11-17-48/h7-47H,1-6H3. The van der Waals surface area contributed by atoms with Crippen LogP contribution in [0.25, 0.3) is 89.0 Å². The fraction of sp³-hybridized carbons (Fsp3) is 0.120. The highest BCUT2D eigenvalue weighted by atomic mass is 15.1. The van der Waals surface area contributed by atoms with E-state index in [1.807, 2.05) is 0 Å². The van der Waals surface area contributed by atoms with Gasteiger partial charge in [0.05, 0.1) is 0 Å². The molecule has 0 amide bonds. The molecule has 11 aromatic rings. The highest BCUT2D eigenvalue weighted by Crippen LogP contribution is 2.56. The molecule has 0 bridgehead atoms. The first-order valence-corrected chi connectivity index (χ1v) is 27.0. The molecule has 0 radical (unpaired) electrons. The topological polar surface area (TPSA) is 3.24 Å². The first kappa shape index (κ1) is 45.8. The quantitative estimate of drug-likeness (QED) is 0.147. The lowest BCUT2D eigenvalue weighted by Gasteiger charge is -2.31. The van der Waals surface area contributed by atoms with Crippen molar-refractivity contribution in [2.24, 2.45) is 0 Å². The minimum absolute atomic E-state index is 0.205. The molecule has 3 aliphatic carbocycles.